The summed E-state index contributed by atoms with van der Waals surface area (Å²) in [5.74, 6) is -1.80. The van der Waals surface area contributed by atoms with Crippen LogP contribution in [0.4, 0.5) is 46.2 Å². The minimum Gasteiger partial charge on any atom is -0.446 e. The highest BCUT2D eigenvalue weighted by molar-refractivity contribution is 7.17. The van der Waals surface area contributed by atoms with Crippen LogP contribution in [-0.2, 0) is 53.6 Å². The van der Waals surface area contributed by atoms with Crippen LogP contribution in [0.25, 0.3) is 11.1 Å². The number of para-hydroxylation sites is 1. The van der Waals surface area contributed by atoms with Crippen molar-refractivity contribution in [3.63, 3.8) is 0 Å². The Morgan fingerprint density at radius 1 is 0.688 bits per heavy atom. The van der Waals surface area contributed by atoms with E-state index in [0.29, 0.717) is 106 Å². The Balaban J connectivity index is 0.606. The third-order valence-electron chi connectivity index (χ3n) is 19.2. The number of carbonyl (C=O) groups excluding carboxylic acids is 5. The molecule has 24 heteroatoms. The molecule has 1 aliphatic carbocycles. The van der Waals surface area contributed by atoms with E-state index in [4.69, 9.17) is 14.2 Å². The van der Waals surface area contributed by atoms with Gasteiger partial charge in [-0.3, -0.25) is 24.5 Å². The Bertz CT molecular complexity index is 3600. The Morgan fingerprint density at radius 3 is 2.06 bits per heavy atom. The molecule has 6 aromatic rings. The van der Waals surface area contributed by atoms with Crippen molar-refractivity contribution >= 4 is 51.7 Å². The maximum Gasteiger partial charge on any atom is 0.416 e. The van der Waals surface area contributed by atoms with Gasteiger partial charge >= 0.3 is 18.4 Å². The summed E-state index contributed by atoms with van der Waals surface area (Å²) in [6, 6.07) is 35.6. The fourth-order valence-corrected chi connectivity index (χ4v) is 14.4. The first-order chi connectivity index (χ1) is 46.0. The summed E-state index contributed by atoms with van der Waals surface area (Å²) in [6.45, 7) is 5.31. The van der Waals surface area contributed by atoms with E-state index < -0.39 is 64.6 Å². The molecule has 1 aromatic heterocycles. The fourth-order valence-electron chi connectivity index (χ4n) is 13.5. The fraction of sp³-hybridized carbons (Fsp3) is 0.458. The van der Waals surface area contributed by atoms with Gasteiger partial charge in [0.25, 0.3) is 11.8 Å². The number of nitrogens with one attached hydrogen (secondary N) is 2. The van der Waals surface area contributed by atoms with Crippen LogP contribution in [0.2, 0.25) is 0 Å². The number of halogens is 7. The summed E-state index contributed by atoms with van der Waals surface area (Å²) < 4.78 is 116. The van der Waals surface area contributed by atoms with Crippen LogP contribution >= 0.6 is 11.3 Å². The molecule has 96 heavy (non-hydrogen) atoms. The molecule has 0 bridgehead atoms. The van der Waals surface area contributed by atoms with Crippen LogP contribution in [-0.4, -0.2) is 178 Å². The number of thiophene rings is 1. The van der Waals surface area contributed by atoms with Gasteiger partial charge in [0.15, 0.2) is 0 Å². The topological polar surface area (TPSA) is 157 Å². The number of fused-ring (bicyclic) bond motifs is 2. The van der Waals surface area contributed by atoms with Crippen LogP contribution in [0, 0.1) is 5.82 Å². The van der Waals surface area contributed by atoms with Crippen molar-refractivity contribution in [1.29, 1.82) is 0 Å². The van der Waals surface area contributed by atoms with Crippen LogP contribution < -0.4 is 10.6 Å². The molecule has 2 N–H and O–H groups in total. The summed E-state index contributed by atoms with van der Waals surface area (Å²) in [5.41, 5.74) is -0.243. The molecular formula is C72H83F7N8O8S. The second-order valence-electron chi connectivity index (χ2n) is 25.6. The maximum absolute atomic E-state index is 14.2. The van der Waals surface area contributed by atoms with Gasteiger partial charge < -0.3 is 48.9 Å². The van der Waals surface area contributed by atoms with E-state index in [9.17, 15) is 54.7 Å². The van der Waals surface area contributed by atoms with E-state index >= 15 is 0 Å². The van der Waals surface area contributed by atoms with Gasteiger partial charge in [-0.2, -0.15) is 26.3 Å². The first-order valence-corrected chi connectivity index (χ1v) is 33.6. The molecule has 0 unspecified atom stereocenters. The summed E-state index contributed by atoms with van der Waals surface area (Å²) in [6.07, 6.45) is -4.06. The van der Waals surface area contributed by atoms with Gasteiger partial charge in [0.2, 0.25) is 11.8 Å². The highest BCUT2D eigenvalue weighted by atomic mass is 32.1. The highest BCUT2D eigenvalue weighted by Crippen LogP contribution is 2.49. The van der Waals surface area contributed by atoms with E-state index in [1.54, 1.807) is 28.8 Å². The van der Waals surface area contributed by atoms with Crippen molar-refractivity contribution in [2.24, 2.45) is 0 Å². The van der Waals surface area contributed by atoms with E-state index in [0.717, 1.165) is 83.9 Å². The number of nitrogens with zero attached hydrogens (tertiary/aromatic N) is 6. The molecule has 10 rings (SSSR count). The number of likely N-dealkylation sites (tertiary alicyclic amines) is 2. The van der Waals surface area contributed by atoms with Crippen LogP contribution in [0.15, 0.2) is 133 Å². The molecule has 5 amide bonds. The molecule has 5 aromatic carbocycles. The number of piperidine rings is 2. The van der Waals surface area contributed by atoms with E-state index in [-0.39, 0.29) is 55.6 Å². The van der Waals surface area contributed by atoms with Crippen LogP contribution in [0.1, 0.15) is 112 Å². The largest absolute Gasteiger partial charge is 0.446 e. The predicted molar refractivity (Wildman–Crippen MR) is 353 cm³/mol. The van der Waals surface area contributed by atoms with Gasteiger partial charge in [0.1, 0.15) is 30.9 Å². The smallest absolute Gasteiger partial charge is 0.416 e. The number of likely N-dealkylation sites (N-methyl/N-ethyl adjacent to an activating group) is 2. The highest BCUT2D eigenvalue weighted by Gasteiger charge is 2.50. The zero-order chi connectivity index (χ0) is 68.2. The summed E-state index contributed by atoms with van der Waals surface area (Å²) in [5, 5.41) is 7.23. The third kappa shape index (κ3) is 17.8. The van der Waals surface area contributed by atoms with Crippen molar-refractivity contribution < 1.29 is 68.9 Å². The van der Waals surface area contributed by atoms with Gasteiger partial charge in [-0.15, -0.1) is 11.3 Å². The number of rotatable bonds is 26. The molecule has 1 spiro atoms. The lowest BCUT2D eigenvalue weighted by Crippen LogP contribution is -2.50. The summed E-state index contributed by atoms with van der Waals surface area (Å²) in [7, 11) is 5.31. The molecule has 2 atom stereocenters. The summed E-state index contributed by atoms with van der Waals surface area (Å²) >= 11 is 1.39. The molecule has 514 valence electrons. The number of benzene rings is 5. The van der Waals surface area contributed by atoms with E-state index in [1.807, 2.05) is 85.9 Å². The van der Waals surface area contributed by atoms with Crippen LogP contribution in [0.5, 0.6) is 0 Å². The lowest BCUT2D eigenvalue weighted by atomic mass is 9.72. The van der Waals surface area contributed by atoms with Crippen molar-refractivity contribution in [2.45, 2.75) is 106 Å². The van der Waals surface area contributed by atoms with Gasteiger partial charge in [0, 0.05) is 96.5 Å². The lowest BCUT2D eigenvalue weighted by molar-refractivity contribution is -0.143. The number of anilines is 2. The average molecular weight is 1350 g/mol. The standard InChI is InChI=1S/C72H83F7N8O8S/c1-82(34-14-35-84(3)67(91)61-26-27-63(96-61)80-33-13-5-8-21-64(88)83(2)41-42-85-36-28-57(29-37-85)95-68(92)81-60-20-12-10-18-58(60)50-15-6-4-7-16-50)65(89)47-93-62-45-51-17-9-11-19-59(51)69(62)30-38-86(39-31-69)40-32-70(53-22-24-56(73)25-23-53)48-87(49-94-70)66(90)52-43-54(71(74,75)76)46-55(44-52)72(77,78)79/h4,6-7,9-12,15-20,22-27,43-44,46,57,62,80H,5,8,13-14,21,28-42,45,47-49H2,1-3H3,(H,81,92)/t62-,70-/m0/s1. The predicted octanol–water partition coefficient (Wildman–Crippen LogP) is 13.0. The van der Waals surface area contributed by atoms with E-state index in [1.165, 1.54) is 35.6 Å². The van der Waals surface area contributed by atoms with Gasteiger partial charge in [0.05, 0.1) is 39.3 Å². The molecule has 3 aliphatic heterocycles. The number of alkyl halides is 6. The van der Waals surface area contributed by atoms with E-state index in [2.05, 4.69) is 32.6 Å². The molecule has 16 nitrogen and oxygen atoms in total. The second-order valence-corrected chi connectivity index (χ2v) is 26.7. The van der Waals surface area contributed by atoms with Crippen molar-refractivity contribution in [3.05, 3.63) is 178 Å². The molecule has 3 saturated heterocycles. The molecule has 3 fully saturated rings. The SMILES string of the molecule is CN(CCN1CCC(OC(=O)Nc2ccccc2-c2ccccc2)CC1)C(=O)CCCCCNc1ccc(C(=O)N(C)CCCN(C)C(=O)CO[C@H]2Cc3ccccc3C23CCN(CC[C@@]2(c4ccc(F)cc4)CN(C(=O)c4cc(C(F)(F)F)cc(C(F)(F)F)c4)CO2)CC3)s1. The number of amides is 5. The molecule has 4 heterocycles. The Morgan fingerprint density at radius 2 is 1.34 bits per heavy atom. The van der Waals surface area contributed by atoms with Crippen molar-refractivity contribution in [1.82, 2.24) is 29.4 Å². The zero-order valence-electron chi connectivity index (χ0n) is 54.3. The zero-order valence-corrected chi connectivity index (χ0v) is 55.1. The van der Waals surface area contributed by atoms with Crippen molar-refractivity contribution in [3.8, 4) is 11.1 Å². The van der Waals surface area contributed by atoms with Crippen molar-refractivity contribution in [2.75, 3.05) is 117 Å². The third-order valence-corrected chi connectivity index (χ3v) is 20.2. The molecule has 0 radical (unpaired) electrons. The second kappa shape index (κ2) is 31.5. The molecule has 0 saturated carbocycles. The quantitative estimate of drug-likeness (QED) is 0.0394. The number of hydrogen-bond donors (Lipinski definition) is 2. The molecule has 4 aliphatic rings. The monoisotopic (exact) mass is 1350 g/mol. The molecular weight excluding hydrogens is 1270 g/mol. The summed E-state index contributed by atoms with van der Waals surface area (Å²) in [4.78, 5) is 78.0. The minimum atomic E-state index is -5.15. The number of hydrogen-bond acceptors (Lipinski definition) is 12. The van der Waals surface area contributed by atoms with Gasteiger partial charge in [-0.1, -0.05) is 91.3 Å². The normalized spacial score (nSPS) is 18.3. The Kier molecular flexibility index (Phi) is 23.3. The lowest BCUT2D eigenvalue weighted by Gasteiger charge is -2.44. The number of unbranched alkanes of at least 4 members (excludes halogenated alkanes) is 2. The minimum absolute atomic E-state index is 0.0284. The number of carbonyl (C=O) groups is 5. The Labute approximate surface area is 559 Å². The first-order valence-electron chi connectivity index (χ1n) is 32.8. The first kappa shape index (κ1) is 70.9. The van der Waals surface area contributed by atoms with Crippen LogP contribution in [0.3, 0.4) is 0 Å². The Hall–Kier alpha value is -7.90. The number of ether oxygens (including phenoxy) is 3. The van der Waals surface area contributed by atoms with Gasteiger partial charge in [-0.25, -0.2) is 9.18 Å². The average Bonchev–Trinajstić information content (AvgIpc) is 1.58. The van der Waals surface area contributed by atoms with Gasteiger partial charge in [-0.05, 0) is 142 Å². The maximum atomic E-state index is 14.2.